The summed E-state index contributed by atoms with van der Waals surface area (Å²) in [6.07, 6.45) is 1.37. The van der Waals surface area contributed by atoms with E-state index in [-0.39, 0.29) is 28.8 Å². The number of thioether (sulfide) groups is 1. The van der Waals surface area contributed by atoms with Crippen LogP contribution in [0, 0.1) is 5.21 Å². The maximum absolute atomic E-state index is 12.7. The highest BCUT2D eigenvalue weighted by Crippen LogP contribution is 2.29. The predicted molar refractivity (Wildman–Crippen MR) is 105 cm³/mol. The van der Waals surface area contributed by atoms with Crippen LogP contribution in [0.4, 0.5) is 5.69 Å². The first-order chi connectivity index (χ1) is 13.5. The van der Waals surface area contributed by atoms with Crippen molar-refractivity contribution >= 4 is 34.9 Å². The molecule has 0 radical (unpaired) electrons. The summed E-state index contributed by atoms with van der Waals surface area (Å²) in [5, 5.41) is 14.7. The van der Waals surface area contributed by atoms with E-state index in [1.807, 2.05) is 0 Å². The molecular weight excluding hydrogens is 376 g/mol. The van der Waals surface area contributed by atoms with Crippen LogP contribution in [-0.2, 0) is 4.79 Å². The van der Waals surface area contributed by atoms with Crippen LogP contribution in [0.5, 0.6) is 0 Å². The highest BCUT2D eigenvalue weighted by Gasteiger charge is 2.29. The second-order valence-corrected chi connectivity index (χ2v) is 7.16. The Bertz CT molecular complexity index is 1130. The zero-order valence-corrected chi connectivity index (χ0v) is 15.4. The fourth-order valence-corrected chi connectivity index (χ4v) is 3.75. The zero-order valence-electron chi connectivity index (χ0n) is 14.5. The van der Waals surface area contributed by atoms with Crippen molar-refractivity contribution in [1.82, 2.24) is 0 Å². The van der Waals surface area contributed by atoms with Crippen LogP contribution >= 0.6 is 11.8 Å². The highest BCUT2D eigenvalue weighted by atomic mass is 32.2. The molecule has 7 heteroatoms. The number of pyridine rings is 1. The molecule has 1 aromatic heterocycles. The van der Waals surface area contributed by atoms with E-state index in [9.17, 15) is 19.6 Å². The number of aromatic nitrogens is 1. The second kappa shape index (κ2) is 7.28. The SMILES string of the molecule is O=C(CSc1cccc[n+]1[O-])Nc1ccc2c(c1)C(=O)c1ccccc1C2=O. The van der Waals surface area contributed by atoms with Crippen molar-refractivity contribution in [1.29, 1.82) is 0 Å². The summed E-state index contributed by atoms with van der Waals surface area (Å²) >= 11 is 1.11. The minimum atomic E-state index is -0.316. The minimum Gasteiger partial charge on any atom is -0.618 e. The fourth-order valence-electron chi connectivity index (χ4n) is 3.04. The Balaban J connectivity index is 1.51. The first-order valence-corrected chi connectivity index (χ1v) is 9.46. The third-order valence-electron chi connectivity index (χ3n) is 4.35. The number of nitrogens with one attached hydrogen (secondary N) is 1. The highest BCUT2D eigenvalue weighted by molar-refractivity contribution is 7.99. The molecule has 0 fully saturated rings. The molecule has 0 atom stereocenters. The Hall–Kier alpha value is -3.45. The van der Waals surface area contributed by atoms with Gasteiger partial charge in [0.25, 0.3) is 5.03 Å². The monoisotopic (exact) mass is 390 g/mol. The standard InChI is InChI=1S/C21H14N2O4S/c24-18(12-28-19-7-3-4-10-23(19)27)22-13-8-9-16-17(11-13)21(26)15-6-2-1-5-14(15)20(16)25/h1-11H,12H2,(H,22,24). The number of rotatable bonds is 4. The van der Waals surface area contributed by atoms with Crippen molar-refractivity contribution in [2.75, 3.05) is 11.1 Å². The minimum absolute atomic E-state index is 0.0407. The number of ketones is 2. The van der Waals surface area contributed by atoms with Crippen molar-refractivity contribution in [2.24, 2.45) is 0 Å². The third-order valence-corrected chi connectivity index (χ3v) is 5.37. The van der Waals surface area contributed by atoms with Gasteiger partial charge >= 0.3 is 0 Å². The molecule has 0 unspecified atom stereocenters. The topological polar surface area (TPSA) is 90.2 Å². The average Bonchev–Trinajstić information content (AvgIpc) is 2.71. The van der Waals surface area contributed by atoms with Crippen LogP contribution in [-0.4, -0.2) is 23.2 Å². The molecule has 0 spiro atoms. The van der Waals surface area contributed by atoms with E-state index in [2.05, 4.69) is 5.32 Å². The molecule has 1 heterocycles. The summed E-state index contributed by atoms with van der Waals surface area (Å²) in [5.74, 6) is -0.724. The molecule has 2 aromatic carbocycles. The lowest BCUT2D eigenvalue weighted by molar-refractivity contribution is -0.645. The summed E-state index contributed by atoms with van der Waals surface area (Å²) in [6, 6.07) is 16.3. The normalized spacial score (nSPS) is 12.3. The van der Waals surface area contributed by atoms with Crippen molar-refractivity contribution in [2.45, 2.75) is 5.03 Å². The molecule has 4 rings (SSSR count). The summed E-state index contributed by atoms with van der Waals surface area (Å²) in [5.41, 5.74) is 1.78. The van der Waals surface area contributed by atoms with Gasteiger partial charge in [-0.2, -0.15) is 4.73 Å². The van der Waals surface area contributed by atoms with E-state index >= 15 is 0 Å². The van der Waals surface area contributed by atoms with Gasteiger partial charge in [0.15, 0.2) is 17.8 Å². The first-order valence-electron chi connectivity index (χ1n) is 8.48. The molecule has 1 N–H and O–H groups in total. The number of amides is 1. The first kappa shape index (κ1) is 17.9. The summed E-state index contributed by atoms with van der Waals surface area (Å²) in [7, 11) is 0. The quantitative estimate of drug-likeness (QED) is 0.329. The molecule has 138 valence electrons. The van der Waals surface area contributed by atoms with Gasteiger partial charge in [-0.15, -0.1) is 0 Å². The van der Waals surface area contributed by atoms with Crippen LogP contribution in [0.2, 0.25) is 0 Å². The van der Waals surface area contributed by atoms with Gasteiger partial charge in [-0.05, 0) is 36.0 Å². The van der Waals surface area contributed by atoms with Crippen LogP contribution in [0.15, 0.2) is 71.9 Å². The molecular formula is C21H14N2O4S. The number of carbonyl (C=O) groups is 3. The van der Waals surface area contributed by atoms with E-state index in [0.717, 1.165) is 11.8 Å². The van der Waals surface area contributed by atoms with Gasteiger partial charge in [0.1, 0.15) is 0 Å². The fraction of sp³-hybridized carbons (Fsp3) is 0.0476. The van der Waals surface area contributed by atoms with Gasteiger partial charge in [0, 0.05) is 40.1 Å². The molecule has 3 aromatic rings. The average molecular weight is 390 g/mol. The van der Waals surface area contributed by atoms with Gasteiger partial charge in [0.2, 0.25) is 5.91 Å². The third kappa shape index (κ3) is 3.27. The Morgan fingerprint density at radius 1 is 0.893 bits per heavy atom. The summed E-state index contributed by atoms with van der Waals surface area (Å²) < 4.78 is 0.693. The molecule has 0 bridgehead atoms. The van der Waals surface area contributed by atoms with E-state index in [1.54, 1.807) is 54.6 Å². The van der Waals surface area contributed by atoms with Gasteiger partial charge < -0.3 is 10.5 Å². The van der Waals surface area contributed by atoms with Crippen LogP contribution < -0.4 is 10.0 Å². The maximum atomic E-state index is 12.7. The smallest absolute Gasteiger partial charge is 0.251 e. The Morgan fingerprint density at radius 3 is 2.25 bits per heavy atom. The van der Waals surface area contributed by atoms with E-state index < -0.39 is 0 Å². The number of anilines is 1. The number of hydrogen-bond acceptors (Lipinski definition) is 5. The van der Waals surface area contributed by atoms with Crippen molar-refractivity contribution < 1.29 is 19.1 Å². The predicted octanol–water partition coefficient (Wildman–Crippen LogP) is 2.83. The van der Waals surface area contributed by atoms with Gasteiger partial charge in [-0.3, -0.25) is 14.4 Å². The Labute approximate surface area is 164 Å². The van der Waals surface area contributed by atoms with Gasteiger partial charge in [-0.25, -0.2) is 0 Å². The molecule has 1 amide bonds. The molecule has 6 nitrogen and oxygen atoms in total. The zero-order chi connectivity index (χ0) is 19.7. The lowest BCUT2D eigenvalue weighted by Crippen LogP contribution is -2.28. The Morgan fingerprint density at radius 2 is 1.54 bits per heavy atom. The van der Waals surface area contributed by atoms with Crippen molar-refractivity contribution in [3.63, 3.8) is 0 Å². The molecule has 0 saturated heterocycles. The molecule has 0 aliphatic heterocycles. The van der Waals surface area contributed by atoms with E-state index in [0.29, 0.717) is 32.1 Å². The van der Waals surface area contributed by atoms with Crippen LogP contribution in [0.25, 0.3) is 0 Å². The van der Waals surface area contributed by atoms with Gasteiger partial charge in [-0.1, -0.05) is 24.3 Å². The van der Waals surface area contributed by atoms with Crippen molar-refractivity contribution in [3.8, 4) is 0 Å². The second-order valence-electron chi connectivity index (χ2n) is 6.17. The largest absolute Gasteiger partial charge is 0.618 e. The Kier molecular flexibility index (Phi) is 4.67. The maximum Gasteiger partial charge on any atom is 0.251 e. The van der Waals surface area contributed by atoms with Crippen LogP contribution in [0.3, 0.4) is 0 Å². The number of hydrogen-bond donors (Lipinski definition) is 1. The van der Waals surface area contributed by atoms with Crippen LogP contribution in [0.1, 0.15) is 31.8 Å². The number of carbonyl (C=O) groups excluding carboxylic acids is 3. The summed E-state index contributed by atoms with van der Waals surface area (Å²) in [6.45, 7) is 0. The lowest BCUT2D eigenvalue weighted by atomic mass is 9.84. The molecule has 1 aliphatic carbocycles. The number of fused-ring (bicyclic) bond motifs is 2. The van der Waals surface area contributed by atoms with Gasteiger partial charge in [0.05, 0.1) is 5.75 Å². The number of nitrogens with zero attached hydrogens (tertiary/aromatic N) is 1. The van der Waals surface area contributed by atoms with E-state index in [1.165, 1.54) is 12.3 Å². The lowest BCUT2D eigenvalue weighted by Gasteiger charge is -2.18. The van der Waals surface area contributed by atoms with Crippen molar-refractivity contribution in [3.05, 3.63) is 94.3 Å². The number of benzene rings is 2. The van der Waals surface area contributed by atoms with E-state index in [4.69, 9.17) is 0 Å². The molecule has 1 aliphatic rings. The molecule has 28 heavy (non-hydrogen) atoms. The summed E-state index contributed by atoms with van der Waals surface area (Å²) in [4.78, 5) is 37.6. The molecule has 0 saturated carbocycles.